The Balaban J connectivity index is 1.96. The lowest BCUT2D eigenvalue weighted by Gasteiger charge is -2.12. The molecule has 27 heavy (non-hydrogen) atoms. The average molecular weight is 402 g/mol. The number of hydrogen-bond acceptors (Lipinski definition) is 6. The molecule has 0 aliphatic carbocycles. The van der Waals surface area contributed by atoms with Crippen LogP contribution in [0.4, 0.5) is 23.7 Å². The number of nitrogens with one attached hydrogen (secondary N) is 1. The van der Waals surface area contributed by atoms with Gasteiger partial charge >= 0.3 is 12.3 Å². The Morgan fingerprint density at radius 3 is 2.44 bits per heavy atom. The van der Waals surface area contributed by atoms with E-state index in [4.69, 9.17) is 19.2 Å². The predicted molar refractivity (Wildman–Crippen MR) is 95.3 cm³/mol. The summed E-state index contributed by atoms with van der Waals surface area (Å²) in [6.07, 6.45) is -4.74. The number of rotatable bonds is 7. The highest BCUT2D eigenvalue weighted by molar-refractivity contribution is 7.89. The minimum Gasteiger partial charge on any atom is -0.444 e. The number of amides is 1. The van der Waals surface area contributed by atoms with Crippen LogP contribution in [0.25, 0.3) is 0 Å². The maximum Gasteiger partial charge on any atom is 0.416 e. The minimum atomic E-state index is -4.44. The molecule has 0 aliphatic rings. The Morgan fingerprint density at radius 2 is 1.85 bits per heavy atom. The van der Waals surface area contributed by atoms with Crippen molar-refractivity contribution in [1.29, 1.82) is 0 Å². The second kappa shape index (κ2) is 9.49. The molecule has 146 valence electrons. The molecular formula is C17H17F3N2O4S. The lowest BCUT2D eigenvalue weighted by atomic mass is 10.0. The van der Waals surface area contributed by atoms with Crippen LogP contribution in [0, 0.1) is 0 Å². The molecule has 6 nitrogen and oxygen atoms in total. The highest BCUT2D eigenvalue weighted by atomic mass is 32.2. The molecule has 4 N–H and O–H groups in total. The highest BCUT2D eigenvalue weighted by Gasteiger charge is 2.30. The van der Waals surface area contributed by atoms with Crippen LogP contribution in [0.5, 0.6) is 5.75 Å². The molecule has 2 aromatic carbocycles. The number of anilines is 1. The summed E-state index contributed by atoms with van der Waals surface area (Å²) in [6.45, 7) is 0.300. The smallest absolute Gasteiger partial charge is 0.416 e. The second-order valence-electron chi connectivity index (χ2n) is 5.40. The first-order chi connectivity index (χ1) is 12.8. The van der Waals surface area contributed by atoms with Gasteiger partial charge in [-0.1, -0.05) is 6.07 Å². The van der Waals surface area contributed by atoms with E-state index in [9.17, 15) is 18.0 Å². The first kappa shape index (κ1) is 20.9. The van der Waals surface area contributed by atoms with Crippen molar-refractivity contribution in [3.8, 4) is 5.75 Å². The third-order valence-corrected chi connectivity index (χ3v) is 3.81. The van der Waals surface area contributed by atoms with E-state index in [1.807, 2.05) is 0 Å². The van der Waals surface area contributed by atoms with E-state index in [1.54, 1.807) is 18.2 Å². The number of nitrogens with two attached hydrogens (primary N) is 1. The number of carbonyl (C=O) groups is 1. The van der Waals surface area contributed by atoms with Crippen LogP contribution in [-0.2, 0) is 23.9 Å². The topological polar surface area (TPSA) is 93.8 Å². The molecule has 0 spiro atoms. The molecule has 0 aliphatic heterocycles. The van der Waals surface area contributed by atoms with E-state index < -0.39 is 17.8 Å². The van der Waals surface area contributed by atoms with Crippen LogP contribution in [0.3, 0.4) is 0 Å². The monoisotopic (exact) mass is 402 g/mol. The third-order valence-electron chi connectivity index (χ3n) is 3.54. The average Bonchev–Trinajstić information content (AvgIpc) is 2.61. The van der Waals surface area contributed by atoms with Crippen molar-refractivity contribution in [3.63, 3.8) is 0 Å². The van der Waals surface area contributed by atoms with Gasteiger partial charge in [0.25, 0.3) is 0 Å². The summed E-state index contributed by atoms with van der Waals surface area (Å²) in [5.41, 5.74) is 6.41. The molecule has 0 heterocycles. The van der Waals surface area contributed by atoms with Gasteiger partial charge in [0.15, 0.2) is 0 Å². The Kier molecular flexibility index (Phi) is 7.34. The molecule has 0 saturated carbocycles. The molecule has 0 radical (unpaired) electrons. The summed E-state index contributed by atoms with van der Waals surface area (Å²) < 4.78 is 56.3. The largest absolute Gasteiger partial charge is 0.444 e. The number of ether oxygens (including phenoxy) is 1. The first-order valence-corrected chi connectivity index (χ1v) is 8.44. The normalized spacial score (nSPS) is 11.1. The Bertz CT molecular complexity index is 770. The summed E-state index contributed by atoms with van der Waals surface area (Å²) >= 11 is 0.212. The maximum atomic E-state index is 12.5. The van der Waals surface area contributed by atoms with Crippen molar-refractivity contribution >= 4 is 24.1 Å². The van der Waals surface area contributed by atoms with E-state index in [0.717, 1.165) is 29.8 Å². The van der Waals surface area contributed by atoms with Crippen LogP contribution >= 0.6 is 12.3 Å². The zero-order valence-electron chi connectivity index (χ0n) is 14.0. The number of halogens is 3. The summed E-state index contributed by atoms with van der Waals surface area (Å²) in [4.78, 5) is 11.9. The van der Waals surface area contributed by atoms with Crippen LogP contribution < -0.4 is 15.2 Å². The molecule has 0 saturated heterocycles. The second-order valence-corrected chi connectivity index (χ2v) is 5.72. The van der Waals surface area contributed by atoms with Crippen molar-refractivity contribution in [2.45, 2.75) is 19.2 Å². The first-order valence-electron chi connectivity index (χ1n) is 7.74. The van der Waals surface area contributed by atoms with Gasteiger partial charge in [-0.05, 0) is 60.5 Å². The van der Waals surface area contributed by atoms with Crippen molar-refractivity contribution in [2.75, 3.05) is 11.9 Å². The summed E-state index contributed by atoms with van der Waals surface area (Å²) in [7, 11) is 0. The van der Waals surface area contributed by atoms with Gasteiger partial charge < -0.3 is 14.7 Å². The summed E-state index contributed by atoms with van der Waals surface area (Å²) in [5.74, 6) is 0.420. The molecule has 2 rings (SSSR count). The van der Waals surface area contributed by atoms with Crippen LogP contribution in [0.1, 0.15) is 16.7 Å². The fourth-order valence-corrected chi connectivity index (χ4v) is 2.46. The fourth-order valence-electron chi connectivity index (χ4n) is 2.27. The Morgan fingerprint density at radius 1 is 1.15 bits per heavy atom. The van der Waals surface area contributed by atoms with E-state index >= 15 is 0 Å². The predicted octanol–water partition coefficient (Wildman–Crippen LogP) is 4.46. The fraction of sp³-hybridized carbons (Fsp3) is 0.235. The zero-order chi connectivity index (χ0) is 19.9. The molecule has 1 amide bonds. The molecule has 0 aromatic heterocycles. The minimum absolute atomic E-state index is 0.0612. The molecule has 0 fully saturated rings. The molecule has 0 bridgehead atoms. The number of carbonyl (C=O) groups excluding carboxylic acids is 1. The van der Waals surface area contributed by atoms with Crippen molar-refractivity contribution in [3.05, 3.63) is 59.2 Å². The molecule has 0 unspecified atom stereocenters. The van der Waals surface area contributed by atoms with Crippen LogP contribution in [0.2, 0.25) is 0 Å². The van der Waals surface area contributed by atoms with Crippen molar-refractivity contribution < 1.29 is 31.4 Å². The van der Waals surface area contributed by atoms with Gasteiger partial charge in [-0.3, -0.25) is 9.87 Å². The van der Waals surface area contributed by atoms with Gasteiger partial charge in [-0.25, -0.2) is 4.79 Å². The van der Waals surface area contributed by atoms with Crippen LogP contribution in [-0.4, -0.2) is 17.2 Å². The maximum absolute atomic E-state index is 12.5. The van der Waals surface area contributed by atoms with Gasteiger partial charge in [0.2, 0.25) is 12.3 Å². The van der Waals surface area contributed by atoms with E-state index in [0.29, 0.717) is 24.3 Å². The molecule has 0 atom stereocenters. The van der Waals surface area contributed by atoms with Gasteiger partial charge in [0.1, 0.15) is 12.4 Å². The van der Waals surface area contributed by atoms with Gasteiger partial charge in [0.05, 0.1) is 5.56 Å². The number of alkyl halides is 3. The van der Waals surface area contributed by atoms with Gasteiger partial charge in [-0.2, -0.15) is 13.2 Å². The Labute approximate surface area is 157 Å². The zero-order valence-corrected chi connectivity index (χ0v) is 14.8. The lowest BCUT2D eigenvalue weighted by Crippen LogP contribution is -2.15. The van der Waals surface area contributed by atoms with E-state index in [1.165, 1.54) is 0 Å². The van der Waals surface area contributed by atoms with Crippen LogP contribution in [0.15, 0.2) is 42.5 Å². The lowest BCUT2D eigenvalue weighted by molar-refractivity contribution is -0.137. The van der Waals surface area contributed by atoms with Gasteiger partial charge in [0, 0.05) is 5.69 Å². The number of hydrogen-bond donors (Lipinski definition) is 3. The summed E-state index contributed by atoms with van der Waals surface area (Å²) in [5, 5.41) is 2.36. The summed E-state index contributed by atoms with van der Waals surface area (Å²) in [6, 6.07) is 8.95. The number of benzene rings is 2. The SMILES string of the molecule is NCCc1cc(OSO)ccc1COC(=O)Nc1ccc(C(F)(F)F)cc1. The third kappa shape index (κ3) is 6.35. The molecular weight excluding hydrogens is 385 g/mol. The van der Waals surface area contributed by atoms with E-state index in [-0.39, 0.29) is 24.6 Å². The quantitative estimate of drug-likeness (QED) is 0.592. The Hall–Kier alpha value is -2.43. The van der Waals surface area contributed by atoms with Gasteiger partial charge in [-0.15, -0.1) is 0 Å². The van der Waals surface area contributed by atoms with E-state index in [2.05, 4.69) is 5.32 Å². The van der Waals surface area contributed by atoms with Crippen molar-refractivity contribution in [1.82, 2.24) is 0 Å². The molecule has 2 aromatic rings. The highest BCUT2D eigenvalue weighted by Crippen LogP contribution is 2.29. The van der Waals surface area contributed by atoms with Crippen molar-refractivity contribution in [2.24, 2.45) is 5.73 Å². The molecule has 10 heteroatoms. The standard InChI is InChI=1S/C17H17F3N2O4S/c18-17(19,20)13-2-4-14(5-3-13)22-16(23)25-10-12-1-6-15(26-27-24)9-11(12)7-8-21/h1-6,9,24H,7-8,10,21H2,(H,22,23).